The highest BCUT2D eigenvalue weighted by Crippen LogP contribution is 2.48. The highest BCUT2D eigenvalue weighted by atomic mass is 16.5. The lowest BCUT2D eigenvalue weighted by Gasteiger charge is -2.43. The van der Waals surface area contributed by atoms with Crippen LogP contribution in [0.1, 0.15) is 50.6 Å². The number of carbonyl (C=O) groups excluding carboxylic acids is 1. The van der Waals surface area contributed by atoms with E-state index >= 15 is 0 Å². The van der Waals surface area contributed by atoms with E-state index in [0.717, 1.165) is 79.6 Å². The summed E-state index contributed by atoms with van der Waals surface area (Å²) in [7, 11) is 2.08. The molecule has 0 bridgehead atoms. The molecule has 3 aromatic rings. The van der Waals surface area contributed by atoms with Crippen molar-refractivity contribution in [3.8, 4) is 16.9 Å². The first-order valence-electron chi connectivity index (χ1n) is 14.6. The number of nitrogen functional groups attached to an aromatic ring is 1. The number of ether oxygens (including phenoxy) is 1. The van der Waals surface area contributed by atoms with Gasteiger partial charge in [0.2, 0.25) is 5.91 Å². The molecule has 4 heterocycles. The van der Waals surface area contributed by atoms with Crippen molar-refractivity contribution < 1.29 is 9.53 Å². The quantitative estimate of drug-likeness (QED) is 0.422. The monoisotopic (exact) mass is 540 g/mol. The molecular weight excluding hydrogens is 500 g/mol. The first kappa shape index (κ1) is 26.6. The van der Waals surface area contributed by atoms with Crippen LogP contribution in [0, 0.1) is 5.41 Å². The zero-order valence-electron chi connectivity index (χ0n) is 23.6. The van der Waals surface area contributed by atoms with Crippen molar-refractivity contribution in [3.05, 3.63) is 55.0 Å². The number of anilines is 1. The third-order valence-electron chi connectivity index (χ3n) is 9.34. The number of likely N-dealkylation sites (tertiary alicyclic amines) is 2. The standard InChI is InChI=1S/C32H40N6O2/c1-3-26(39)38-18-14-32(15-19-38)12-10-24(11-13-32)29-27(28-30(33)34-22-35-31(28)36(29)2)23-6-8-25(9-7-23)40-21-20-37-16-4-5-17-37/h3,6-10,22H,1,4-5,11-21H2,2H3,(H2,33,34,35). The summed E-state index contributed by atoms with van der Waals surface area (Å²) in [6.45, 7) is 9.31. The molecule has 0 atom stereocenters. The predicted octanol–water partition coefficient (Wildman–Crippen LogP) is 5.05. The Morgan fingerprint density at radius 2 is 1.85 bits per heavy atom. The van der Waals surface area contributed by atoms with Crippen LogP contribution in [0.5, 0.6) is 5.75 Å². The van der Waals surface area contributed by atoms with Gasteiger partial charge in [0.05, 0.1) is 11.1 Å². The maximum Gasteiger partial charge on any atom is 0.245 e. The molecule has 1 amide bonds. The first-order chi connectivity index (χ1) is 19.5. The number of amides is 1. The maximum absolute atomic E-state index is 12.1. The summed E-state index contributed by atoms with van der Waals surface area (Å²) in [6, 6.07) is 8.38. The van der Waals surface area contributed by atoms with Gasteiger partial charge < -0.3 is 19.9 Å². The van der Waals surface area contributed by atoms with E-state index in [9.17, 15) is 4.79 Å². The van der Waals surface area contributed by atoms with Crippen LogP contribution in [-0.2, 0) is 11.8 Å². The fourth-order valence-electron chi connectivity index (χ4n) is 6.89. The lowest BCUT2D eigenvalue weighted by Crippen LogP contribution is -2.43. The van der Waals surface area contributed by atoms with E-state index in [4.69, 9.17) is 10.5 Å². The van der Waals surface area contributed by atoms with E-state index < -0.39 is 0 Å². The topological polar surface area (TPSA) is 89.5 Å². The number of nitrogens with zero attached hydrogens (tertiary/aromatic N) is 5. The summed E-state index contributed by atoms with van der Waals surface area (Å²) in [6.07, 6.45) is 13.2. The molecule has 2 fully saturated rings. The van der Waals surface area contributed by atoms with E-state index in [1.807, 2.05) is 4.90 Å². The smallest absolute Gasteiger partial charge is 0.245 e. The molecule has 2 aliphatic heterocycles. The van der Waals surface area contributed by atoms with Crippen LogP contribution >= 0.6 is 0 Å². The van der Waals surface area contributed by atoms with E-state index in [0.29, 0.717) is 12.4 Å². The molecule has 8 nitrogen and oxygen atoms in total. The van der Waals surface area contributed by atoms with Gasteiger partial charge in [-0.3, -0.25) is 9.69 Å². The van der Waals surface area contributed by atoms with Gasteiger partial charge in [0.1, 0.15) is 30.1 Å². The molecule has 1 aromatic carbocycles. The molecule has 1 spiro atoms. The maximum atomic E-state index is 12.1. The molecule has 2 N–H and O–H groups in total. The van der Waals surface area contributed by atoms with Gasteiger partial charge in [-0.05, 0) is 92.8 Å². The van der Waals surface area contributed by atoms with Gasteiger partial charge in [-0.25, -0.2) is 9.97 Å². The second kappa shape index (κ2) is 11.1. The van der Waals surface area contributed by atoms with Gasteiger partial charge in [0.25, 0.3) is 0 Å². The highest BCUT2D eigenvalue weighted by Gasteiger charge is 2.37. The normalized spacial score (nSPS) is 19.2. The van der Waals surface area contributed by atoms with Crippen LogP contribution in [-0.4, -0.2) is 69.6 Å². The molecule has 210 valence electrons. The number of carbonyl (C=O) groups is 1. The van der Waals surface area contributed by atoms with Crippen molar-refractivity contribution >= 4 is 28.3 Å². The zero-order valence-corrected chi connectivity index (χ0v) is 23.6. The number of aryl methyl sites for hydroxylation is 1. The summed E-state index contributed by atoms with van der Waals surface area (Å²) in [5.74, 6) is 1.43. The van der Waals surface area contributed by atoms with Crippen LogP contribution in [0.15, 0.2) is 49.3 Å². The fraction of sp³-hybridized carbons (Fsp3) is 0.469. The zero-order chi connectivity index (χ0) is 27.7. The second-order valence-electron chi connectivity index (χ2n) is 11.6. The number of allylic oxidation sites excluding steroid dienone is 2. The molecule has 3 aliphatic rings. The van der Waals surface area contributed by atoms with E-state index in [1.54, 1.807) is 6.33 Å². The Hall–Kier alpha value is -3.65. The minimum atomic E-state index is 0.0451. The Labute approximate surface area is 236 Å². The van der Waals surface area contributed by atoms with Crippen molar-refractivity contribution in [1.82, 2.24) is 24.3 Å². The Balaban J connectivity index is 1.27. The number of benzene rings is 1. The van der Waals surface area contributed by atoms with Crippen LogP contribution in [0.25, 0.3) is 27.7 Å². The summed E-state index contributed by atoms with van der Waals surface area (Å²) in [4.78, 5) is 25.5. The van der Waals surface area contributed by atoms with Gasteiger partial charge in [0, 0.05) is 32.2 Å². The Morgan fingerprint density at radius 3 is 2.52 bits per heavy atom. The minimum absolute atomic E-state index is 0.0451. The average Bonchev–Trinajstić information content (AvgIpc) is 3.61. The van der Waals surface area contributed by atoms with Gasteiger partial charge >= 0.3 is 0 Å². The number of aromatic nitrogens is 3. The number of rotatable bonds is 7. The predicted molar refractivity (Wildman–Crippen MR) is 160 cm³/mol. The Bertz CT molecular complexity index is 1430. The number of fused-ring (bicyclic) bond motifs is 1. The van der Waals surface area contributed by atoms with Gasteiger partial charge in [-0.1, -0.05) is 24.8 Å². The second-order valence-corrected chi connectivity index (χ2v) is 11.6. The lowest BCUT2D eigenvalue weighted by molar-refractivity contribution is -0.128. The van der Waals surface area contributed by atoms with E-state index in [1.165, 1.54) is 43.3 Å². The number of piperidine rings is 1. The van der Waals surface area contributed by atoms with Crippen molar-refractivity contribution in [3.63, 3.8) is 0 Å². The van der Waals surface area contributed by atoms with Crippen LogP contribution in [0.3, 0.4) is 0 Å². The summed E-state index contributed by atoms with van der Waals surface area (Å²) >= 11 is 0. The summed E-state index contributed by atoms with van der Waals surface area (Å²) in [5, 5.41) is 0.903. The first-order valence-corrected chi connectivity index (χ1v) is 14.6. The summed E-state index contributed by atoms with van der Waals surface area (Å²) < 4.78 is 8.26. The minimum Gasteiger partial charge on any atom is -0.492 e. The number of hydrogen-bond acceptors (Lipinski definition) is 6. The molecule has 0 radical (unpaired) electrons. The molecule has 2 saturated heterocycles. The third-order valence-corrected chi connectivity index (χ3v) is 9.34. The van der Waals surface area contributed by atoms with Crippen molar-refractivity contribution in [1.29, 1.82) is 0 Å². The SMILES string of the molecule is C=CC(=O)N1CCC2(CC=C(c3c(-c4ccc(OCCN5CCCC5)cc4)c4c(N)ncnc4n3C)CC2)CC1. The van der Waals surface area contributed by atoms with Gasteiger partial charge in [0.15, 0.2) is 0 Å². The Kier molecular flexibility index (Phi) is 7.36. The molecule has 8 heteroatoms. The molecular formula is C32H40N6O2. The molecule has 0 saturated carbocycles. The molecule has 2 aromatic heterocycles. The molecule has 1 aliphatic carbocycles. The summed E-state index contributed by atoms with van der Waals surface area (Å²) in [5.41, 5.74) is 12.3. The Morgan fingerprint density at radius 1 is 1.10 bits per heavy atom. The van der Waals surface area contributed by atoms with Gasteiger partial charge in [-0.15, -0.1) is 0 Å². The van der Waals surface area contributed by atoms with Crippen LogP contribution < -0.4 is 10.5 Å². The van der Waals surface area contributed by atoms with E-state index in [2.05, 4.69) is 63.4 Å². The van der Waals surface area contributed by atoms with Crippen LogP contribution in [0.2, 0.25) is 0 Å². The number of hydrogen-bond donors (Lipinski definition) is 1. The van der Waals surface area contributed by atoms with Crippen molar-refractivity contribution in [2.75, 3.05) is 45.1 Å². The van der Waals surface area contributed by atoms with E-state index in [-0.39, 0.29) is 11.3 Å². The molecule has 6 rings (SSSR count). The van der Waals surface area contributed by atoms with Crippen molar-refractivity contribution in [2.24, 2.45) is 12.5 Å². The molecule has 0 unspecified atom stereocenters. The average molecular weight is 541 g/mol. The third kappa shape index (κ3) is 5.01. The largest absolute Gasteiger partial charge is 0.492 e. The van der Waals surface area contributed by atoms with Crippen LogP contribution in [0.4, 0.5) is 5.82 Å². The van der Waals surface area contributed by atoms with Crippen molar-refractivity contribution in [2.45, 2.75) is 44.9 Å². The van der Waals surface area contributed by atoms with Gasteiger partial charge in [-0.2, -0.15) is 0 Å². The highest BCUT2D eigenvalue weighted by molar-refractivity contribution is 6.06. The lowest BCUT2D eigenvalue weighted by atomic mass is 9.68. The fourth-order valence-corrected chi connectivity index (χ4v) is 6.89. The molecule has 40 heavy (non-hydrogen) atoms. The number of nitrogens with two attached hydrogens (primary N) is 1.